The Bertz CT molecular complexity index is 737. The normalized spacial score (nSPS) is 13.6. The summed E-state index contributed by atoms with van der Waals surface area (Å²) in [5, 5.41) is 2.80. The molecule has 0 saturated carbocycles. The molecule has 2 aromatic heterocycles. The van der Waals surface area contributed by atoms with Crippen molar-refractivity contribution in [2.75, 3.05) is 0 Å². The van der Waals surface area contributed by atoms with E-state index in [4.69, 9.17) is 0 Å². The molecule has 0 aliphatic heterocycles. The summed E-state index contributed by atoms with van der Waals surface area (Å²) in [6.45, 7) is 1.64. The second-order valence-corrected chi connectivity index (χ2v) is 4.87. The van der Waals surface area contributed by atoms with Gasteiger partial charge in [0.05, 0.1) is 5.69 Å². The second-order valence-electron chi connectivity index (χ2n) is 4.87. The predicted octanol–water partition coefficient (Wildman–Crippen LogP) is 3.84. The van der Waals surface area contributed by atoms with Gasteiger partial charge in [-0.3, -0.25) is 9.25 Å². The summed E-state index contributed by atoms with van der Waals surface area (Å²) in [6, 6.07) is 0. The number of hydrogen-bond acceptors (Lipinski definition) is 2. The van der Waals surface area contributed by atoms with Gasteiger partial charge in [-0.2, -0.15) is 40.2 Å². The SMILES string of the molecule is CCc1cn(-c2c(C(F)(F)F)c(C(F)(F)C(F)(F)F)nn2C)cn1. The molecule has 12 heteroatoms. The molecule has 2 heterocycles. The molecule has 24 heavy (non-hydrogen) atoms. The van der Waals surface area contributed by atoms with Gasteiger partial charge in [0.15, 0.2) is 5.69 Å². The van der Waals surface area contributed by atoms with Crippen LogP contribution in [0.2, 0.25) is 0 Å². The molecule has 0 bridgehead atoms. The van der Waals surface area contributed by atoms with Gasteiger partial charge in [0, 0.05) is 13.2 Å². The van der Waals surface area contributed by atoms with E-state index in [0.717, 1.165) is 19.6 Å². The molecule has 2 rings (SSSR count). The highest BCUT2D eigenvalue weighted by atomic mass is 19.4. The van der Waals surface area contributed by atoms with Gasteiger partial charge in [0.25, 0.3) is 0 Å². The van der Waals surface area contributed by atoms with E-state index in [9.17, 15) is 35.1 Å². The van der Waals surface area contributed by atoms with Crippen LogP contribution in [0.4, 0.5) is 35.1 Å². The van der Waals surface area contributed by atoms with Crippen LogP contribution in [-0.2, 0) is 25.6 Å². The molecule has 0 aromatic carbocycles. The van der Waals surface area contributed by atoms with E-state index in [1.807, 2.05) is 0 Å². The summed E-state index contributed by atoms with van der Waals surface area (Å²) in [6.07, 6.45) is -9.38. The van der Waals surface area contributed by atoms with Crippen LogP contribution in [0.1, 0.15) is 23.9 Å². The number of imidazole rings is 1. The maximum atomic E-state index is 13.5. The molecule has 0 saturated heterocycles. The number of aryl methyl sites for hydroxylation is 2. The van der Waals surface area contributed by atoms with Crippen LogP contribution in [0, 0.1) is 0 Å². The minimum absolute atomic E-state index is 0.318. The molecule has 4 nitrogen and oxygen atoms in total. The summed E-state index contributed by atoms with van der Waals surface area (Å²) in [5.41, 5.74) is -4.23. The molecule has 0 fully saturated rings. The zero-order valence-electron chi connectivity index (χ0n) is 12.2. The summed E-state index contributed by atoms with van der Waals surface area (Å²) in [5.74, 6) is -6.74. The van der Waals surface area contributed by atoms with Crippen LogP contribution in [-0.4, -0.2) is 25.5 Å². The van der Waals surface area contributed by atoms with Gasteiger partial charge < -0.3 is 0 Å². The second kappa shape index (κ2) is 5.45. The van der Waals surface area contributed by atoms with Gasteiger partial charge >= 0.3 is 18.3 Å². The van der Waals surface area contributed by atoms with E-state index in [-0.39, 0.29) is 0 Å². The lowest BCUT2D eigenvalue weighted by atomic mass is 10.1. The van der Waals surface area contributed by atoms with E-state index in [1.54, 1.807) is 6.92 Å². The lowest BCUT2D eigenvalue weighted by Gasteiger charge is -2.19. The van der Waals surface area contributed by atoms with Crippen molar-refractivity contribution < 1.29 is 35.1 Å². The lowest BCUT2D eigenvalue weighted by molar-refractivity contribution is -0.292. The molecule has 0 N–H and O–H groups in total. The lowest BCUT2D eigenvalue weighted by Crippen LogP contribution is -2.36. The van der Waals surface area contributed by atoms with Crippen LogP contribution in [0.15, 0.2) is 12.5 Å². The quantitative estimate of drug-likeness (QED) is 0.778. The minimum Gasteiger partial charge on any atom is -0.290 e. The van der Waals surface area contributed by atoms with E-state index in [1.165, 1.54) is 0 Å². The van der Waals surface area contributed by atoms with Crippen LogP contribution < -0.4 is 0 Å². The first-order chi connectivity index (χ1) is 10.8. The van der Waals surface area contributed by atoms with Crippen molar-refractivity contribution in [3.05, 3.63) is 29.5 Å². The summed E-state index contributed by atoms with van der Waals surface area (Å²) in [4.78, 5) is 3.74. The molecule has 0 aliphatic carbocycles. The molecule has 0 atom stereocenters. The van der Waals surface area contributed by atoms with Gasteiger partial charge in [0.2, 0.25) is 0 Å². The van der Waals surface area contributed by atoms with Crippen molar-refractivity contribution in [1.82, 2.24) is 19.3 Å². The highest BCUT2D eigenvalue weighted by Gasteiger charge is 2.64. The van der Waals surface area contributed by atoms with Gasteiger partial charge in [-0.15, -0.1) is 0 Å². The van der Waals surface area contributed by atoms with Crippen molar-refractivity contribution in [2.45, 2.75) is 31.6 Å². The van der Waals surface area contributed by atoms with E-state index in [0.29, 0.717) is 21.4 Å². The average Bonchev–Trinajstić information content (AvgIpc) is 3.00. The minimum atomic E-state index is -6.22. The monoisotopic (exact) mass is 362 g/mol. The standard InChI is InChI=1S/C12H10F8N4/c1-3-6-4-24(5-21-6)9-7(11(15,16)17)8(22-23(9)2)10(13,14)12(18,19)20/h4-5H,3H2,1-2H3. The smallest absolute Gasteiger partial charge is 0.290 e. The maximum absolute atomic E-state index is 13.5. The number of halogens is 8. The number of nitrogens with zero attached hydrogens (tertiary/aromatic N) is 4. The molecule has 0 spiro atoms. The van der Waals surface area contributed by atoms with Gasteiger partial charge in [-0.1, -0.05) is 6.92 Å². The first-order valence-electron chi connectivity index (χ1n) is 6.43. The maximum Gasteiger partial charge on any atom is 0.459 e. The van der Waals surface area contributed by atoms with Crippen molar-refractivity contribution in [2.24, 2.45) is 7.05 Å². The largest absolute Gasteiger partial charge is 0.459 e. The Morgan fingerprint density at radius 3 is 2.04 bits per heavy atom. The number of alkyl halides is 8. The highest BCUT2D eigenvalue weighted by molar-refractivity contribution is 5.43. The Morgan fingerprint density at radius 2 is 1.62 bits per heavy atom. The molecule has 2 aromatic rings. The molecule has 0 amide bonds. The zero-order chi connectivity index (χ0) is 18.5. The third kappa shape index (κ3) is 2.84. The molecule has 0 radical (unpaired) electrons. The topological polar surface area (TPSA) is 35.6 Å². The van der Waals surface area contributed by atoms with Crippen LogP contribution in [0.25, 0.3) is 5.82 Å². The van der Waals surface area contributed by atoms with Crippen molar-refractivity contribution in [3.8, 4) is 5.82 Å². The number of hydrogen-bond donors (Lipinski definition) is 0. The Kier molecular flexibility index (Phi) is 4.13. The summed E-state index contributed by atoms with van der Waals surface area (Å²) >= 11 is 0. The van der Waals surface area contributed by atoms with Crippen molar-refractivity contribution in [1.29, 1.82) is 0 Å². The van der Waals surface area contributed by atoms with Crippen molar-refractivity contribution >= 4 is 0 Å². The predicted molar refractivity (Wildman–Crippen MR) is 64.7 cm³/mol. The van der Waals surface area contributed by atoms with E-state index >= 15 is 0 Å². The molecule has 0 unspecified atom stereocenters. The molecule has 134 valence electrons. The van der Waals surface area contributed by atoms with E-state index in [2.05, 4.69) is 10.1 Å². The highest BCUT2D eigenvalue weighted by Crippen LogP contribution is 2.49. The Morgan fingerprint density at radius 1 is 1.04 bits per heavy atom. The molecular weight excluding hydrogens is 352 g/mol. The Balaban J connectivity index is 2.79. The van der Waals surface area contributed by atoms with Crippen LogP contribution in [0.5, 0.6) is 0 Å². The van der Waals surface area contributed by atoms with Gasteiger partial charge in [-0.05, 0) is 6.42 Å². The average molecular weight is 362 g/mol. The van der Waals surface area contributed by atoms with E-state index < -0.39 is 35.4 Å². The fourth-order valence-electron chi connectivity index (χ4n) is 2.09. The zero-order valence-corrected chi connectivity index (χ0v) is 12.2. The number of aromatic nitrogens is 4. The Labute approximate surface area is 129 Å². The van der Waals surface area contributed by atoms with Crippen molar-refractivity contribution in [3.63, 3.8) is 0 Å². The molecular formula is C12H10F8N4. The number of rotatable bonds is 3. The third-order valence-corrected chi connectivity index (χ3v) is 3.20. The third-order valence-electron chi connectivity index (χ3n) is 3.20. The van der Waals surface area contributed by atoms with Crippen LogP contribution >= 0.6 is 0 Å². The fourth-order valence-corrected chi connectivity index (χ4v) is 2.09. The van der Waals surface area contributed by atoms with Gasteiger partial charge in [-0.25, -0.2) is 4.98 Å². The first-order valence-corrected chi connectivity index (χ1v) is 6.43. The first kappa shape index (κ1) is 18.2. The van der Waals surface area contributed by atoms with Crippen LogP contribution in [0.3, 0.4) is 0 Å². The summed E-state index contributed by atoms with van der Waals surface area (Å²) in [7, 11) is 0.839. The van der Waals surface area contributed by atoms with Gasteiger partial charge in [0.1, 0.15) is 17.7 Å². The molecule has 0 aliphatic rings. The summed E-state index contributed by atoms with van der Waals surface area (Å²) < 4.78 is 105. The Hall–Kier alpha value is -2.14. The fraction of sp³-hybridized carbons (Fsp3) is 0.500.